The number of rotatable bonds is 4. The van der Waals surface area contributed by atoms with Gasteiger partial charge in [0.15, 0.2) is 9.79 Å². The van der Waals surface area contributed by atoms with Gasteiger partial charge in [0.2, 0.25) is 17.8 Å². The molecule has 1 atom stereocenters. The van der Waals surface area contributed by atoms with Crippen LogP contribution in [-0.2, 0) is 25.5 Å². The van der Waals surface area contributed by atoms with Gasteiger partial charge in [-0.15, -0.1) is 0 Å². The Morgan fingerprint density at radius 1 is 0.966 bits per heavy atom. The molecule has 0 saturated carbocycles. The summed E-state index contributed by atoms with van der Waals surface area (Å²) >= 11 is -1.49. The highest BCUT2D eigenvalue weighted by atomic mass is 32.2. The number of carbonyl (C=O) groups excluding carboxylic acids is 3. The van der Waals surface area contributed by atoms with Crippen molar-refractivity contribution in [1.29, 1.82) is 0 Å². The van der Waals surface area contributed by atoms with Gasteiger partial charge >= 0.3 is 6.09 Å². The quantitative estimate of drug-likeness (QED) is 0.399. The SMILES string of the molecule is COC(=O)N/C(=N\C(C)=O)Nc1cc([S+]([O-])c2ccccc2)ccc1NC(C)=O. The largest absolute Gasteiger partial charge is 0.606 e. The number of carbonyl (C=O) groups is 3. The second-order valence-corrected chi connectivity index (χ2v) is 7.17. The van der Waals surface area contributed by atoms with Crippen LogP contribution in [0.4, 0.5) is 16.2 Å². The van der Waals surface area contributed by atoms with Crippen LogP contribution in [0.3, 0.4) is 0 Å². The molecule has 1 unspecified atom stereocenters. The summed E-state index contributed by atoms with van der Waals surface area (Å²) in [4.78, 5) is 39.2. The van der Waals surface area contributed by atoms with Gasteiger partial charge in [0, 0.05) is 31.1 Å². The van der Waals surface area contributed by atoms with Gasteiger partial charge in [-0.05, 0) is 24.3 Å². The van der Waals surface area contributed by atoms with E-state index < -0.39 is 23.2 Å². The molecule has 0 aliphatic rings. The predicted octanol–water partition coefficient (Wildman–Crippen LogP) is 2.48. The summed E-state index contributed by atoms with van der Waals surface area (Å²) in [6, 6.07) is 13.5. The smallest absolute Gasteiger partial charge is 0.413 e. The van der Waals surface area contributed by atoms with E-state index in [9.17, 15) is 18.9 Å². The Labute approximate surface area is 170 Å². The number of guanidine groups is 1. The molecule has 0 saturated heterocycles. The summed E-state index contributed by atoms with van der Waals surface area (Å²) in [6.45, 7) is 2.54. The van der Waals surface area contributed by atoms with E-state index in [0.717, 1.165) is 7.11 Å². The van der Waals surface area contributed by atoms with E-state index in [-0.39, 0.29) is 17.6 Å². The zero-order valence-electron chi connectivity index (χ0n) is 16.0. The fraction of sp³-hybridized carbons (Fsp3) is 0.158. The second-order valence-electron chi connectivity index (χ2n) is 5.69. The van der Waals surface area contributed by atoms with Crippen LogP contribution in [-0.4, -0.2) is 35.5 Å². The highest BCUT2D eigenvalue weighted by Gasteiger charge is 2.18. The van der Waals surface area contributed by atoms with E-state index in [2.05, 4.69) is 25.7 Å². The average molecular weight is 416 g/mol. The summed E-state index contributed by atoms with van der Waals surface area (Å²) < 4.78 is 17.4. The van der Waals surface area contributed by atoms with Crippen LogP contribution in [0.1, 0.15) is 13.8 Å². The molecule has 0 radical (unpaired) electrons. The van der Waals surface area contributed by atoms with Crippen LogP contribution in [0.15, 0.2) is 63.3 Å². The first-order chi connectivity index (χ1) is 13.8. The standard InChI is InChI=1S/C19H20N4O5S/c1-12(24)20-16-10-9-15(29(27)14-7-5-4-6-8-14)11-17(16)22-18(21-13(2)25)23-19(26)28-3/h4-11H,1-3H3,(H,20,24)(H2,21,22,23,25,26). The Morgan fingerprint density at radius 3 is 2.24 bits per heavy atom. The zero-order valence-corrected chi connectivity index (χ0v) is 16.8. The molecule has 29 heavy (non-hydrogen) atoms. The molecule has 0 heterocycles. The Bertz CT molecular complexity index is 933. The van der Waals surface area contributed by atoms with Crippen LogP contribution < -0.4 is 16.0 Å². The van der Waals surface area contributed by atoms with Crippen LogP contribution in [0.25, 0.3) is 0 Å². The highest BCUT2D eigenvalue weighted by molar-refractivity contribution is 7.91. The van der Waals surface area contributed by atoms with Crippen molar-refractivity contribution in [2.24, 2.45) is 4.99 Å². The second kappa shape index (κ2) is 10.2. The number of ether oxygens (including phenoxy) is 1. The molecule has 0 fully saturated rings. The summed E-state index contributed by atoms with van der Waals surface area (Å²) in [5, 5.41) is 7.66. The third-order valence-electron chi connectivity index (χ3n) is 3.40. The molecular weight excluding hydrogens is 396 g/mol. The molecule has 2 aromatic rings. The number of methoxy groups -OCH3 is 1. The van der Waals surface area contributed by atoms with Crippen molar-refractivity contribution in [2.45, 2.75) is 23.6 Å². The van der Waals surface area contributed by atoms with Crippen LogP contribution in [0.5, 0.6) is 0 Å². The average Bonchev–Trinajstić information content (AvgIpc) is 2.68. The summed E-state index contributed by atoms with van der Waals surface area (Å²) in [7, 11) is 1.16. The number of hydrogen-bond acceptors (Lipinski definition) is 5. The lowest BCUT2D eigenvalue weighted by Gasteiger charge is -2.16. The molecule has 0 aliphatic carbocycles. The Balaban J connectivity index is 2.43. The number of hydrogen-bond donors (Lipinski definition) is 3. The van der Waals surface area contributed by atoms with Crippen LogP contribution >= 0.6 is 0 Å². The lowest BCUT2D eigenvalue weighted by atomic mass is 10.2. The van der Waals surface area contributed by atoms with Gasteiger partial charge in [-0.1, -0.05) is 18.2 Å². The lowest BCUT2D eigenvalue weighted by molar-refractivity contribution is -0.116. The minimum Gasteiger partial charge on any atom is -0.606 e. The minimum absolute atomic E-state index is 0.210. The van der Waals surface area contributed by atoms with Crippen molar-refractivity contribution in [3.63, 3.8) is 0 Å². The van der Waals surface area contributed by atoms with Gasteiger partial charge in [0.1, 0.15) is 0 Å². The third kappa shape index (κ3) is 6.63. The molecule has 10 heteroatoms. The molecular formula is C19H20N4O5S. The topological polar surface area (TPSA) is 132 Å². The van der Waals surface area contributed by atoms with E-state index in [4.69, 9.17) is 0 Å². The minimum atomic E-state index is -1.49. The fourth-order valence-electron chi connectivity index (χ4n) is 2.24. The predicted molar refractivity (Wildman–Crippen MR) is 109 cm³/mol. The molecule has 0 spiro atoms. The van der Waals surface area contributed by atoms with Crippen molar-refractivity contribution < 1.29 is 23.7 Å². The number of alkyl carbamates (subject to hydrolysis) is 1. The molecule has 9 nitrogen and oxygen atoms in total. The summed E-state index contributed by atoms with van der Waals surface area (Å²) in [5.74, 6) is -1.12. The Hall–Kier alpha value is -3.37. The zero-order chi connectivity index (χ0) is 21.4. The van der Waals surface area contributed by atoms with Gasteiger partial charge in [-0.2, -0.15) is 4.99 Å². The maximum absolute atomic E-state index is 12.8. The van der Waals surface area contributed by atoms with E-state index in [0.29, 0.717) is 15.5 Å². The van der Waals surface area contributed by atoms with Gasteiger partial charge in [-0.25, -0.2) is 4.79 Å². The van der Waals surface area contributed by atoms with Crippen molar-refractivity contribution >= 4 is 46.4 Å². The van der Waals surface area contributed by atoms with Crippen molar-refractivity contribution in [2.75, 3.05) is 17.7 Å². The Morgan fingerprint density at radius 2 is 1.66 bits per heavy atom. The van der Waals surface area contributed by atoms with Crippen molar-refractivity contribution in [3.05, 3.63) is 48.5 Å². The van der Waals surface area contributed by atoms with Crippen molar-refractivity contribution in [1.82, 2.24) is 5.32 Å². The van der Waals surface area contributed by atoms with E-state index in [1.807, 2.05) is 6.07 Å². The number of nitrogens with one attached hydrogen (secondary N) is 3. The normalized spacial score (nSPS) is 11.9. The molecule has 152 valence electrons. The van der Waals surface area contributed by atoms with E-state index in [1.54, 1.807) is 36.4 Å². The van der Waals surface area contributed by atoms with E-state index in [1.165, 1.54) is 19.9 Å². The molecule has 2 aromatic carbocycles. The highest BCUT2D eigenvalue weighted by Crippen LogP contribution is 2.29. The van der Waals surface area contributed by atoms with Gasteiger partial charge < -0.3 is 19.9 Å². The lowest BCUT2D eigenvalue weighted by Crippen LogP contribution is -2.36. The van der Waals surface area contributed by atoms with Gasteiger partial charge in [0.05, 0.1) is 18.5 Å². The third-order valence-corrected chi connectivity index (χ3v) is 4.78. The molecule has 0 bridgehead atoms. The first kappa shape index (κ1) is 21.9. The van der Waals surface area contributed by atoms with Crippen LogP contribution in [0.2, 0.25) is 0 Å². The fourth-order valence-corrected chi connectivity index (χ4v) is 3.33. The number of aliphatic imine (C=N–C) groups is 1. The molecule has 3 amide bonds. The summed E-state index contributed by atoms with van der Waals surface area (Å²) in [5.41, 5.74) is 0.618. The number of anilines is 2. The van der Waals surface area contributed by atoms with Gasteiger partial charge in [0.25, 0.3) is 0 Å². The molecule has 2 rings (SSSR count). The number of amides is 3. The van der Waals surface area contributed by atoms with Gasteiger partial charge in [-0.3, -0.25) is 14.9 Å². The van der Waals surface area contributed by atoms with Crippen molar-refractivity contribution in [3.8, 4) is 0 Å². The molecule has 0 aliphatic heterocycles. The monoisotopic (exact) mass is 416 g/mol. The summed E-state index contributed by atoms with van der Waals surface area (Å²) in [6.07, 6.45) is -0.845. The number of benzene rings is 2. The Kier molecular flexibility index (Phi) is 7.75. The first-order valence-electron chi connectivity index (χ1n) is 8.40. The molecule has 0 aromatic heterocycles. The maximum Gasteiger partial charge on any atom is 0.413 e. The van der Waals surface area contributed by atoms with Crippen LogP contribution in [0, 0.1) is 0 Å². The van der Waals surface area contributed by atoms with E-state index >= 15 is 0 Å². The maximum atomic E-state index is 12.8. The number of nitrogens with zero attached hydrogens (tertiary/aromatic N) is 1. The molecule has 3 N–H and O–H groups in total. The first-order valence-corrected chi connectivity index (χ1v) is 9.55.